The largest absolute Gasteiger partial charge is 0.478 e. The zero-order chi connectivity index (χ0) is 21.1. The Morgan fingerprint density at radius 3 is 0.962 bits per heavy atom. The number of carboxylic acid groups (broad SMARTS) is 4. The van der Waals surface area contributed by atoms with Crippen LogP contribution in [0.5, 0.6) is 0 Å². The highest BCUT2D eigenvalue weighted by atomic mass is 16.4. The van der Waals surface area contributed by atoms with Gasteiger partial charge < -0.3 is 20.4 Å². The highest BCUT2D eigenvalue weighted by molar-refractivity contribution is 5.89. The predicted molar refractivity (Wildman–Crippen MR) is 97.0 cm³/mol. The second-order valence-electron chi connectivity index (χ2n) is 4.60. The fourth-order valence-electron chi connectivity index (χ4n) is 1.40. The molecule has 0 aliphatic rings. The standard InChI is InChI=1S/2C7H12O2.C4H4O4/c2*1-3-5-6(4-2)7(8)9;5-3(6)1-2-4(7)8/h2*5H,3-4H2,1-2H3,(H,8,9);1-2H,(H,5,6)(H,7,8). The van der Waals surface area contributed by atoms with E-state index in [1.54, 1.807) is 12.2 Å². The Bertz CT molecular complexity index is 493. The number of hydrogen-bond donors (Lipinski definition) is 4. The molecule has 0 spiro atoms. The Kier molecular flexibility index (Phi) is 19.8. The Balaban J connectivity index is -0.000000306. The molecule has 148 valence electrons. The summed E-state index contributed by atoms with van der Waals surface area (Å²) in [7, 11) is 0. The second-order valence-corrected chi connectivity index (χ2v) is 4.60. The summed E-state index contributed by atoms with van der Waals surface area (Å²) in [5.74, 6) is -4.10. The van der Waals surface area contributed by atoms with Gasteiger partial charge in [0.25, 0.3) is 0 Å². The molecule has 0 saturated heterocycles. The second kappa shape index (κ2) is 18.4. The van der Waals surface area contributed by atoms with E-state index in [1.807, 2.05) is 27.7 Å². The van der Waals surface area contributed by atoms with Crippen LogP contribution in [0.3, 0.4) is 0 Å². The van der Waals surface area contributed by atoms with Crippen LogP contribution < -0.4 is 0 Å². The van der Waals surface area contributed by atoms with Gasteiger partial charge in [-0.2, -0.15) is 0 Å². The van der Waals surface area contributed by atoms with Gasteiger partial charge in [0, 0.05) is 23.3 Å². The molecule has 0 aliphatic heterocycles. The molecule has 0 unspecified atom stereocenters. The fourth-order valence-corrected chi connectivity index (χ4v) is 1.40. The lowest BCUT2D eigenvalue weighted by atomic mass is 10.2. The molecule has 8 nitrogen and oxygen atoms in total. The maximum atomic E-state index is 10.3. The number of carbonyl (C=O) groups is 4. The number of carboxylic acids is 4. The van der Waals surface area contributed by atoms with Crippen LogP contribution in [0, 0.1) is 0 Å². The summed E-state index contributed by atoms with van der Waals surface area (Å²) < 4.78 is 0. The van der Waals surface area contributed by atoms with Crippen LogP contribution in [-0.2, 0) is 19.2 Å². The molecular formula is C18H28O8. The highest BCUT2D eigenvalue weighted by Gasteiger charge is 2.01. The van der Waals surface area contributed by atoms with E-state index in [0.717, 1.165) is 12.8 Å². The first-order chi connectivity index (χ1) is 12.1. The first-order valence-corrected chi connectivity index (χ1v) is 8.05. The Hall–Kier alpha value is -2.90. The highest BCUT2D eigenvalue weighted by Crippen LogP contribution is 2.01. The number of aliphatic carboxylic acids is 4. The van der Waals surface area contributed by atoms with Gasteiger partial charge in [0.1, 0.15) is 0 Å². The summed E-state index contributed by atoms with van der Waals surface area (Å²) >= 11 is 0. The summed E-state index contributed by atoms with van der Waals surface area (Å²) in [5, 5.41) is 32.5. The van der Waals surface area contributed by atoms with E-state index in [2.05, 4.69) is 0 Å². The van der Waals surface area contributed by atoms with Gasteiger partial charge in [-0.25, -0.2) is 19.2 Å². The minimum Gasteiger partial charge on any atom is -0.478 e. The smallest absolute Gasteiger partial charge is 0.331 e. The molecule has 0 bridgehead atoms. The van der Waals surface area contributed by atoms with Gasteiger partial charge in [-0.15, -0.1) is 0 Å². The van der Waals surface area contributed by atoms with Gasteiger partial charge in [-0.05, 0) is 25.7 Å². The maximum absolute atomic E-state index is 10.3. The van der Waals surface area contributed by atoms with Crippen LogP contribution in [0.15, 0.2) is 35.5 Å². The monoisotopic (exact) mass is 372 g/mol. The Labute approximate surface area is 153 Å². The van der Waals surface area contributed by atoms with E-state index in [9.17, 15) is 19.2 Å². The van der Waals surface area contributed by atoms with Crippen molar-refractivity contribution >= 4 is 23.9 Å². The van der Waals surface area contributed by atoms with Crippen LogP contribution in [0.2, 0.25) is 0 Å². The molecule has 26 heavy (non-hydrogen) atoms. The van der Waals surface area contributed by atoms with Gasteiger partial charge >= 0.3 is 23.9 Å². The molecule has 0 fully saturated rings. The Morgan fingerprint density at radius 2 is 0.885 bits per heavy atom. The third kappa shape index (κ3) is 21.1. The van der Waals surface area contributed by atoms with E-state index in [-0.39, 0.29) is 0 Å². The summed E-state index contributed by atoms with van der Waals surface area (Å²) in [4.78, 5) is 39.6. The van der Waals surface area contributed by atoms with E-state index in [4.69, 9.17) is 20.4 Å². The van der Waals surface area contributed by atoms with Crippen molar-refractivity contribution in [3.63, 3.8) is 0 Å². The molecule has 8 heteroatoms. The zero-order valence-corrected chi connectivity index (χ0v) is 15.6. The third-order valence-electron chi connectivity index (χ3n) is 2.58. The topological polar surface area (TPSA) is 149 Å². The van der Waals surface area contributed by atoms with E-state index < -0.39 is 23.9 Å². The summed E-state index contributed by atoms with van der Waals surface area (Å²) in [5.41, 5.74) is 1.02. The van der Waals surface area contributed by atoms with E-state index >= 15 is 0 Å². The van der Waals surface area contributed by atoms with E-state index in [0.29, 0.717) is 36.1 Å². The minimum absolute atomic E-state index is 0.512. The van der Waals surface area contributed by atoms with Crippen LogP contribution in [0.25, 0.3) is 0 Å². The molecule has 0 aliphatic carbocycles. The summed E-state index contributed by atoms with van der Waals surface area (Å²) in [6.45, 7) is 7.54. The van der Waals surface area contributed by atoms with Gasteiger partial charge in [0.15, 0.2) is 0 Å². The van der Waals surface area contributed by atoms with Crippen molar-refractivity contribution in [2.24, 2.45) is 0 Å². The van der Waals surface area contributed by atoms with Gasteiger partial charge in [0.05, 0.1) is 0 Å². The van der Waals surface area contributed by atoms with Crippen LogP contribution in [0.1, 0.15) is 53.4 Å². The van der Waals surface area contributed by atoms with Gasteiger partial charge in [0.2, 0.25) is 0 Å². The Morgan fingerprint density at radius 1 is 0.615 bits per heavy atom. The van der Waals surface area contributed by atoms with Crippen LogP contribution in [-0.4, -0.2) is 44.3 Å². The summed E-state index contributed by atoms with van der Waals surface area (Å²) in [6, 6.07) is 0. The SMILES string of the molecule is CCC=C(CC)C(=O)O.CCC=C(CC)C(=O)O.O=C(O)C=CC(=O)O. The lowest BCUT2D eigenvalue weighted by Gasteiger charge is -1.93. The molecule has 0 heterocycles. The molecule has 0 amide bonds. The van der Waals surface area contributed by atoms with Crippen molar-refractivity contribution in [2.45, 2.75) is 53.4 Å². The molecule has 0 aromatic heterocycles. The van der Waals surface area contributed by atoms with Crippen LogP contribution >= 0.6 is 0 Å². The lowest BCUT2D eigenvalue weighted by molar-refractivity contribution is -0.134. The average Bonchev–Trinajstić information content (AvgIpc) is 2.56. The van der Waals surface area contributed by atoms with Gasteiger partial charge in [-0.1, -0.05) is 39.8 Å². The van der Waals surface area contributed by atoms with E-state index in [1.165, 1.54) is 0 Å². The van der Waals surface area contributed by atoms with Crippen molar-refractivity contribution in [1.82, 2.24) is 0 Å². The average molecular weight is 372 g/mol. The van der Waals surface area contributed by atoms with Crippen molar-refractivity contribution in [3.05, 3.63) is 35.5 Å². The number of hydrogen-bond acceptors (Lipinski definition) is 4. The first kappa shape index (κ1) is 27.9. The van der Waals surface area contributed by atoms with Crippen LogP contribution in [0.4, 0.5) is 0 Å². The molecule has 0 rings (SSSR count). The molecule has 0 aromatic rings. The predicted octanol–water partition coefficient (Wildman–Crippen LogP) is 3.35. The van der Waals surface area contributed by atoms with Crippen molar-refractivity contribution in [3.8, 4) is 0 Å². The number of allylic oxidation sites excluding steroid dienone is 2. The molecular weight excluding hydrogens is 344 g/mol. The minimum atomic E-state index is -1.26. The molecule has 4 N–H and O–H groups in total. The first-order valence-electron chi connectivity index (χ1n) is 8.05. The fraction of sp³-hybridized carbons (Fsp3) is 0.444. The van der Waals surface area contributed by atoms with Crippen molar-refractivity contribution in [2.75, 3.05) is 0 Å². The molecule has 0 saturated carbocycles. The maximum Gasteiger partial charge on any atom is 0.331 e. The third-order valence-corrected chi connectivity index (χ3v) is 2.58. The molecule has 0 radical (unpaired) electrons. The molecule has 0 atom stereocenters. The quantitative estimate of drug-likeness (QED) is 0.474. The number of rotatable bonds is 8. The van der Waals surface area contributed by atoms with Crippen molar-refractivity contribution < 1.29 is 39.6 Å². The summed E-state index contributed by atoms with van der Waals surface area (Å²) in [6.07, 6.45) is 7.42. The van der Waals surface area contributed by atoms with Crippen molar-refractivity contribution in [1.29, 1.82) is 0 Å². The molecule has 0 aromatic carbocycles. The normalized spacial score (nSPS) is 10.9. The van der Waals surface area contributed by atoms with Gasteiger partial charge in [-0.3, -0.25) is 0 Å². The lowest BCUT2D eigenvalue weighted by Crippen LogP contribution is -1.98. The zero-order valence-electron chi connectivity index (χ0n) is 15.6.